The first-order valence-electron chi connectivity index (χ1n) is 6.26. The van der Waals surface area contributed by atoms with E-state index < -0.39 is 0 Å². The summed E-state index contributed by atoms with van der Waals surface area (Å²) in [5.41, 5.74) is 8.16. The molecule has 2 rings (SSSR count). The number of aliphatic hydroxyl groups excluding tert-OH is 1. The zero-order chi connectivity index (χ0) is 15.4. The molecule has 0 saturated heterocycles. The van der Waals surface area contributed by atoms with E-state index in [2.05, 4.69) is 15.4 Å². The minimum atomic E-state index is -0.0983. The van der Waals surface area contributed by atoms with Crippen LogP contribution in [0.25, 0.3) is 0 Å². The van der Waals surface area contributed by atoms with E-state index >= 15 is 0 Å². The van der Waals surface area contributed by atoms with Crippen molar-refractivity contribution in [1.82, 2.24) is 10.2 Å². The van der Waals surface area contributed by atoms with Crippen LogP contribution in [0.15, 0.2) is 29.4 Å². The predicted octanol–water partition coefficient (Wildman–Crippen LogP) is 1.47. The monoisotopic (exact) mass is 288 g/mol. The molecule has 0 spiro atoms. The molecule has 0 fully saturated rings. The molecule has 21 heavy (non-hydrogen) atoms. The first-order valence-corrected chi connectivity index (χ1v) is 6.26. The zero-order valence-electron chi connectivity index (χ0n) is 11.7. The molecule has 1 heterocycles. The maximum Gasteiger partial charge on any atom is 0.250 e. The van der Waals surface area contributed by atoms with Crippen molar-refractivity contribution in [3.8, 4) is 11.6 Å². The van der Waals surface area contributed by atoms with Gasteiger partial charge in [-0.2, -0.15) is 5.10 Å². The van der Waals surface area contributed by atoms with Crippen LogP contribution in [0.1, 0.15) is 22.4 Å². The van der Waals surface area contributed by atoms with Crippen molar-refractivity contribution in [3.63, 3.8) is 0 Å². The van der Waals surface area contributed by atoms with Gasteiger partial charge in [-0.3, -0.25) is 0 Å². The highest BCUT2D eigenvalue weighted by molar-refractivity contribution is 6.00. The summed E-state index contributed by atoms with van der Waals surface area (Å²) in [6, 6.07) is 6.90. The van der Waals surface area contributed by atoms with Crippen LogP contribution < -0.4 is 10.5 Å². The van der Waals surface area contributed by atoms with Crippen molar-refractivity contribution >= 4 is 5.84 Å². The average molecular weight is 288 g/mol. The number of hydrogen-bond donors (Lipinski definition) is 3. The third kappa shape index (κ3) is 3.09. The summed E-state index contributed by atoms with van der Waals surface area (Å²) in [4.78, 5) is 0. The maximum absolute atomic E-state index is 9.13. The Balaban J connectivity index is 2.46. The van der Waals surface area contributed by atoms with Crippen molar-refractivity contribution in [2.75, 3.05) is 0 Å². The van der Waals surface area contributed by atoms with Gasteiger partial charge in [0.1, 0.15) is 5.75 Å². The third-order valence-electron chi connectivity index (χ3n) is 3.08. The van der Waals surface area contributed by atoms with Crippen LogP contribution in [-0.2, 0) is 6.61 Å². The summed E-state index contributed by atoms with van der Waals surface area (Å²) < 4.78 is 5.65. The number of nitrogens with two attached hydrogens (primary N) is 1. The highest BCUT2D eigenvalue weighted by atomic mass is 16.5. The van der Waals surface area contributed by atoms with Gasteiger partial charge in [0, 0.05) is 0 Å². The average Bonchev–Trinajstić information content (AvgIpc) is 2.51. The molecule has 7 nitrogen and oxygen atoms in total. The number of rotatable bonds is 4. The van der Waals surface area contributed by atoms with E-state index in [-0.39, 0.29) is 18.3 Å². The first-order chi connectivity index (χ1) is 10.1. The SMILES string of the molecule is Cc1nnc(Oc2cccc(CO)c2)c(C(N)=NO)c1C. The molecule has 0 unspecified atom stereocenters. The summed E-state index contributed by atoms with van der Waals surface area (Å²) in [7, 11) is 0. The van der Waals surface area contributed by atoms with Gasteiger partial charge < -0.3 is 20.8 Å². The van der Waals surface area contributed by atoms with Gasteiger partial charge in [0.05, 0.1) is 17.9 Å². The molecule has 0 aliphatic heterocycles. The number of amidine groups is 1. The largest absolute Gasteiger partial charge is 0.437 e. The third-order valence-corrected chi connectivity index (χ3v) is 3.08. The van der Waals surface area contributed by atoms with Crippen LogP contribution in [0.2, 0.25) is 0 Å². The quantitative estimate of drug-likeness (QED) is 0.340. The fraction of sp³-hybridized carbons (Fsp3) is 0.214. The summed E-state index contributed by atoms with van der Waals surface area (Å²) in [5.74, 6) is 0.522. The standard InChI is InChI=1S/C14H16N4O3/c1-8-9(2)16-17-14(12(8)13(15)18-20)21-11-5-3-4-10(6-11)7-19/h3-6,19-20H,7H2,1-2H3,(H2,15,18). The van der Waals surface area contributed by atoms with Crippen LogP contribution in [0.5, 0.6) is 11.6 Å². The van der Waals surface area contributed by atoms with Gasteiger partial charge in [-0.1, -0.05) is 17.3 Å². The summed E-state index contributed by atoms with van der Waals surface area (Å²) >= 11 is 0. The molecule has 0 atom stereocenters. The van der Waals surface area contributed by atoms with Crippen molar-refractivity contribution < 1.29 is 15.1 Å². The molecular formula is C14H16N4O3. The molecule has 0 amide bonds. The van der Waals surface area contributed by atoms with E-state index in [1.807, 2.05) is 0 Å². The number of ether oxygens (including phenoxy) is 1. The Kier molecular flexibility index (Phi) is 4.34. The molecule has 1 aromatic carbocycles. The molecule has 0 aliphatic carbocycles. The number of aryl methyl sites for hydroxylation is 1. The highest BCUT2D eigenvalue weighted by Crippen LogP contribution is 2.26. The number of aromatic nitrogens is 2. The molecule has 1 aromatic heterocycles. The van der Waals surface area contributed by atoms with Gasteiger partial charge >= 0.3 is 0 Å². The van der Waals surface area contributed by atoms with E-state index in [1.165, 1.54) is 0 Å². The predicted molar refractivity (Wildman–Crippen MR) is 76.5 cm³/mol. The molecule has 4 N–H and O–H groups in total. The van der Waals surface area contributed by atoms with Gasteiger partial charge in [0.25, 0.3) is 0 Å². The normalized spacial score (nSPS) is 11.5. The minimum Gasteiger partial charge on any atom is -0.437 e. The van der Waals surface area contributed by atoms with Gasteiger partial charge in [0.15, 0.2) is 5.84 Å². The summed E-state index contributed by atoms with van der Waals surface area (Å²) in [6.45, 7) is 3.46. The van der Waals surface area contributed by atoms with Crippen LogP contribution in [0.3, 0.4) is 0 Å². The second kappa shape index (κ2) is 6.19. The van der Waals surface area contributed by atoms with E-state index in [0.29, 0.717) is 28.1 Å². The lowest BCUT2D eigenvalue weighted by Gasteiger charge is -2.12. The fourth-order valence-corrected chi connectivity index (χ4v) is 1.83. The van der Waals surface area contributed by atoms with E-state index in [4.69, 9.17) is 20.8 Å². The highest BCUT2D eigenvalue weighted by Gasteiger charge is 2.17. The number of benzene rings is 1. The molecule has 0 saturated carbocycles. The molecular weight excluding hydrogens is 272 g/mol. The second-order valence-electron chi connectivity index (χ2n) is 4.48. The molecule has 110 valence electrons. The molecule has 0 bridgehead atoms. The molecule has 2 aromatic rings. The van der Waals surface area contributed by atoms with E-state index in [9.17, 15) is 0 Å². The Morgan fingerprint density at radius 1 is 1.33 bits per heavy atom. The Morgan fingerprint density at radius 2 is 2.10 bits per heavy atom. The lowest BCUT2D eigenvalue weighted by Crippen LogP contribution is -2.18. The van der Waals surface area contributed by atoms with Crippen molar-refractivity contribution in [2.45, 2.75) is 20.5 Å². The smallest absolute Gasteiger partial charge is 0.250 e. The Bertz CT molecular complexity index is 686. The minimum absolute atomic E-state index is 0.0943. The molecule has 7 heteroatoms. The van der Waals surface area contributed by atoms with Gasteiger partial charge in [0.2, 0.25) is 5.88 Å². The number of nitrogens with zero attached hydrogens (tertiary/aromatic N) is 3. The van der Waals surface area contributed by atoms with Crippen molar-refractivity contribution in [1.29, 1.82) is 0 Å². The van der Waals surface area contributed by atoms with Crippen LogP contribution >= 0.6 is 0 Å². The van der Waals surface area contributed by atoms with Crippen LogP contribution in [0.4, 0.5) is 0 Å². The maximum atomic E-state index is 9.13. The lowest BCUT2D eigenvalue weighted by atomic mass is 10.1. The number of aliphatic hydroxyl groups is 1. The second-order valence-corrected chi connectivity index (χ2v) is 4.48. The lowest BCUT2D eigenvalue weighted by molar-refractivity contribution is 0.281. The van der Waals surface area contributed by atoms with E-state index in [0.717, 1.165) is 0 Å². The van der Waals surface area contributed by atoms with Gasteiger partial charge in [-0.05, 0) is 37.1 Å². The van der Waals surface area contributed by atoms with Crippen molar-refractivity contribution in [2.24, 2.45) is 10.9 Å². The van der Waals surface area contributed by atoms with Crippen LogP contribution in [-0.4, -0.2) is 26.3 Å². The zero-order valence-corrected chi connectivity index (χ0v) is 11.7. The topological polar surface area (TPSA) is 114 Å². The molecule has 0 radical (unpaired) electrons. The van der Waals surface area contributed by atoms with Crippen molar-refractivity contribution in [3.05, 3.63) is 46.6 Å². The summed E-state index contributed by atoms with van der Waals surface area (Å²) in [5, 5.41) is 29.0. The summed E-state index contributed by atoms with van der Waals surface area (Å²) in [6.07, 6.45) is 0. The first kappa shape index (κ1) is 14.7. The Morgan fingerprint density at radius 3 is 2.76 bits per heavy atom. The van der Waals surface area contributed by atoms with Gasteiger partial charge in [-0.25, -0.2) is 0 Å². The van der Waals surface area contributed by atoms with Gasteiger partial charge in [-0.15, -0.1) is 5.10 Å². The number of hydrogen-bond acceptors (Lipinski definition) is 6. The van der Waals surface area contributed by atoms with E-state index in [1.54, 1.807) is 38.1 Å². The van der Waals surface area contributed by atoms with Crippen LogP contribution in [0, 0.1) is 13.8 Å². The Hall–Kier alpha value is -2.67. The molecule has 0 aliphatic rings. The number of oxime groups is 1. The Labute approximate surface area is 121 Å². The fourth-order valence-electron chi connectivity index (χ4n) is 1.83.